The zero-order valence-electron chi connectivity index (χ0n) is 14.7. The molecule has 0 spiro atoms. The van der Waals surface area contributed by atoms with Gasteiger partial charge in [0.2, 0.25) is 5.90 Å². The molecule has 2 aromatic rings. The first-order chi connectivity index (χ1) is 12.0. The van der Waals surface area contributed by atoms with E-state index in [4.69, 9.17) is 9.47 Å². The van der Waals surface area contributed by atoms with Crippen LogP contribution in [0.1, 0.15) is 37.0 Å². The van der Waals surface area contributed by atoms with E-state index in [1.165, 1.54) is 0 Å². The third-order valence-electron chi connectivity index (χ3n) is 4.01. The van der Waals surface area contributed by atoms with Crippen LogP contribution in [-0.2, 0) is 9.53 Å². The quantitative estimate of drug-likeness (QED) is 0.596. The summed E-state index contributed by atoms with van der Waals surface area (Å²) in [5, 5.41) is 0. The van der Waals surface area contributed by atoms with E-state index < -0.39 is 5.97 Å². The van der Waals surface area contributed by atoms with E-state index in [2.05, 4.69) is 11.9 Å². The number of aryl methyl sites for hydroxylation is 1. The number of hydrogen-bond donors (Lipinski definition) is 0. The van der Waals surface area contributed by atoms with Crippen LogP contribution < -0.4 is 4.74 Å². The molecule has 4 nitrogen and oxygen atoms in total. The minimum Gasteiger partial charge on any atom is -0.491 e. The summed E-state index contributed by atoms with van der Waals surface area (Å²) in [6, 6.07) is 15.3. The molecule has 0 aliphatic carbocycles. The number of rotatable bonds is 5. The molecule has 1 aliphatic rings. The van der Waals surface area contributed by atoms with Crippen LogP contribution in [0.15, 0.2) is 59.2 Å². The highest BCUT2D eigenvalue weighted by molar-refractivity contribution is 6.12. The van der Waals surface area contributed by atoms with Crippen molar-refractivity contribution in [3.63, 3.8) is 0 Å². The van der Waals surface area contributed by atoms with Gasteiger partial charge in [0.15, 0.2) is 5.70 Å². The lowest BCUT2D eigenvalue weighted by atomic mass is 10.1. The van der Waals surface area contributed by atoms with Gasteiger partial charge in [-0.1, -0.05) is 36.8 Å². The van der Waals surface area contributed by atoms with Crippen molar-refractivity contribution in [3.8, 4) is 5.75 Å². The minimum atomic E-state index is -0.435. The molecular weight excluding hydrogens is 314 g/mol. The molecule has 1 atom stereocenters. The number of hydrogen-bond acceptors (Lipinski definition) is 4. The fourth-order valence-electron chi connectivity index (χ4n) is 2.34. The molecule has 1 aliphatic heterocycles. The van der Waals surface area contributed by atoms with E-state index in [9.17, 15) is 4.79 Å². The van der Waals surface area contributed by atoms with Gasteiger partial charge in [0.1, 0.15) is 5.75 Å². The number of ether oxygens (including phenoxy) is 2. The van der Waals surface area contributed by atoms with Gasteiger partial charge < -0.3 is 9.47 Å². The Bertz CT molecular complexity index is 817. The van der Waals surface area contributed by atoms with E-state index in [0.29, 0.717) is 11.6 Å². The maximum Gasteiger partial charge on any atom is 0.363 e. The molecule has 1 unspecified atom stereocenters. The molecule has 25 heavy (non-hydrogen) atoms. The summed E-state index contributed by atoms with van der Waals surface area (Å²) in [7, 11) is 0. The van der Waals surface area contributed by atoms with Gasteiger partial charge in [-0.2, -0.15) is 0 Å². The summed E-state index contributed by atoms with van der Waals surface area (Å²) < 4.78 is 11.0. The normalized spacial score (nSPS) is 16.5. The number of aliphatic imine (C=N–C) groups is 1. The van der Waals surface area contributed by atoms with Crippen LogP contribution in [0.4, 0.5) is 0 Å². The summed E-state index contributed by atoms with van der Waals surface area (Å²) in [5.41, 5.74) is 3.10. The predicted molar refractivity (Wildman–Crippen MR) is 98.6 cm³/mol. The first kappa shape index (κ1) is 17.0. The van der Waals surface area contributed by atoms with Crippen molar-refractivity contribution < 1.29 is 14.3 Å². The number of carbonyl (C=O) groups excluding carboxylic acids is 1. The average molecular weight is 335 g/mol. The van der Waals surface area contributed by atoms with Gasteiger partial charge in [-0.15, -0.1) is 0 Å². The van der Waals surface area contributed by atoms with Crippen molar-refractivity contribution in [3.05, 3.63) is 70.9 Å². The highest BCUT2D eigenvalue weighted by atomic mass is 16.6. The number of benzene rings is 2. The fourth-order valence-corrected chi connectivity index (χ4v) is 2.34. The molecule has 0 aromatic heterocycles. The molecule has 0 N–H and O–H groups in total. The molecule has 0 bridgehead atoms. The summed E-state index contributed by atoms with van der Waals surface area (Å²) >= 11 is 0. The molecule has 2 aromatic carbocycles. The van der Waals surface area contributed by atoms with Crippen LogP contribution in [0.2, 0.25) is 0 Å². The molecule has 0 fully saturated rings. The Morgan fingerprint density at radius 3 is 2.44 bits per heavy atom. The second kappa shape index (κ2) is 7.34. The topological polar surface area (TPSA) is 47.9 Å². The second-order valence-corrected chi connectivity index (χ2v) is 6.11. The number of esters is 1. The van der Waals surface area contributed by atoms with Crippen LogP contribution in [0.25, 0.3) is 6.08 Å². The smallest absolute Gasteiger partial charge is 0.363 e. The zero-order valence-corrected chi connectivity index (χ0v) is 14.7. The highest BCUT2D eigenvalue weighted by Crippen LogP contribution is 2.21. The largest absolute Gasteiger partial charge is 0.491 e. The lowest BCUT2D eigenvalue weighted by Gasteiger charge is -2.12. The Labute approximate surface area is 147 Å². The van der Waals surface area contributed by atoms with Crippen molar-refractivity contribution in [2.45, 2.75) is 33.3 Å². The van der Waals surface area contributed by atoms with Crippen LogP contribution in [0, 0.1) is 6.92 Å². The van der Waals surface area contributed by atoms with Gasteiger partial charge in [0.25, 0.3) is 0 Å². The maximum atomic E-state index is 12.1. The van der Waals surface area contributed by atoms with Crippen molar-refractivity contribution >= 4 is 17.9 Å². The van der Waals surface area contributed by atoms with E-state index in [1.807, 2.05) is 62.4 Å². The van der Waals surface area contributed by atoms with Crippen molar-refractivity contribution in [1.82, 2.24) is 0 Å². The maximum absolute atomic E-state index is 12.1. The molecule has 0 saturated carbocycles. The number of nitrogens with zero attached hydrogens (tertiary/aromatic N) is 1. The van der Waals surface area contributed by atoms with E-state index >= 15 is 0 Å². The first-order valence-electron chi connectivity index (χ1n) is 8.41. The van der Waals surface area contributed by atoms with Crippen LogP contribution in [0.5, 0.6) is 5.75 Å². The molecule has 128 valence electrons. The van der Waals surface area contributed by atoms with Gasteiger partial charge in [0, 0.05) is 5.56 Å². The summed E-state index contributed by atoms with van der Waals surface area (Å²) in [4.78, 5) is 16.4. The van der Waals surface area contributed by atoms with Gasteiger partial charge in [-0.05, 0) is 56.2 Å². The summed E-state index contributed by atoms with van der Waals surface area (Å²) in [5.74, 6) is 0.720. The van der Waals surface area contributed by atoms with Crippen molar-refractivity contribution in [2.24, 2.45) is 4.99 Å². The lowest BCUT2D eigenvalue weighted by molar-refractivity contribution is -0.129. The predicted octanol–water partition coefficient (Wildman–Crippen LogP) is 4.52. The van der Waals surface area contributed by atoms with Crippen molar-refractivity contribution in [2.75, 3.05) is 0 Å². The average Bonchev–Trinajstić information content (AvgIpc) is 2.98. The van der Waals surface area contributed by atoms with Gasteiger partial charge >= 0.3 is 5.97 Å². The van der Waals surface area contributed by atoms with Gasteiger partial charge in [-0.25, -0.2) is 9.79 Å². The van der Waals surface area contributed by atoms with Gasteiger partial charge in [-0.3, -0.25) is 0 Å². The van der Waals surface area contributed by atoms with Crippen LogP contribution in [-0.4, -0.2) is 18.0 Å². The first-order valence-corrected chi connectivity index (χ1v) is 8.41. The molecule has 0 radical (unpaired) electrons. The molecule has 0 saturated heterocycles. The Kier molecular flexibility index (Phi) is 4.98. The Hall–Kier alpha value is -2.88. The zero-order chi connectivity index (χ0) is 17.8. The Morgan fingerprint density at radius 1 is 1.12 bits per heavy atom. The van der Waals surface area contributed by atoms with E-state index in [-0.39, 0.29) is 6.10 Å². The van der Waals surface area contributed by atoms with Crippen LogP contribution >= 0.6 is 0 Å². The molecule has 0 amide bonds. The standard InChI is InChI=1S/C21H21NO3/c1-4-15(3)24-18-11-7-16(8-12-18)13-19-21(23)25-20(22-19)17-9-5-14(2)6-10-17/h5-13,15H,4H2,1-3H3/b19-13-. The molecular formula is C21H21NO3. The summed E-state index contributed by atoms with van der Waals surface area (Å²) in [6.07, 6.45) is 2.85. The molecule has 3 rings (SSSR count). The number of cyclic esters (lactones) is 1. The van der Waals surface area contributed by atoms with Crippen LogP contribution in [0.3, 0.4) is 0 Å². The SMILES string of the molecule is CCC(C)Oc1ccc(/C=C2\N=C(c3ccc(C)cc3)OC2=O)cc1. The Morgan fingerprint density at radius 2 is 1.80 bits per heavy atom. The third-order valence-corrected chi connectivity index (χ3v) is 4.01. The van der Waals surface area contributed by atoms with Crippen molar-refractivity contribution in [1.29, 1.82) is 0 Å². The fraction of sp³-hybridized carbons (Fsp3) is 0.238. The number of carbonyl (C=O) groups is 1. The summed E-state index contributed by atoms with van der Waals surface area (Å²) in [6.45, 7) is 6.12. The lowest BCUT2D eigenvalue weighted by Crippen LogP contribution is -2.09. The highest BCUT2D eigenvalue weighted by Gasteiger charge is 2.23. The van der Waals surface area contributed by atoms with E-state index in [1.54, 1.807) is 6.08 Å². The van der Waals surface area contributed by atoms with E-state index in [0.717, 1.165) is 28.9 Å². The minimum absolute atomic E-state index is 0.177. The Balaban J connectivity index is 1.78. The molecule has 1 heterocycles. The second-order valence-electron chi connectivity index (χ2n) is 6.11. The molecule has 4 heteroatoms. The van der Waals surface area contributed by atoms with Gasteiger partial charge in [0.05, 0.1) is 6.10 Å². The third kappa shape index (κ3) is 4.15. The monoisotopic (exact) mass is 335 g/mol.